The second kappa shape index (κ2) is 11.6. The van der Waals surface area contributed by atoms with Gasteiger partial charge in [-0.05, 0) is 27.4 Å². The van der Waals surface area contributed by atoms with E-state index in [0.29, 0.717) is 15.6 Å². The van der Waals surface area contributed by atoms with E-state index in [0.717, 1.165) is 9.80 Å². The monoisotopic (exact) mass is 593 g/mol. The molecule has 2 aliphatic rings. The van der Waals surface area contributed by atoms with Crippen molar-refractivity contribution < 1.29 is 29.0 Å². The lowest BCUT2D eigenvalue weighted by Crippen LogP contribution is -2.81. The Hall–Kier alpha value is -3.66. The minimum atomic E-state index is -1.85. The van der Waals surface area contributed by atoms with Crippen LogP contribution in [0.2, 0.25) is 0 Å². The normalized spacial score (nSPS) is 20.9. The van der Waals surface area contributed by atoms with E-state index >= 15 is 0 Å². The Kier molecular flexibility index (Phi) is 8.44. The molecule has 206 valence electrons. The maximum Gasteiger partial charge on any atom is 0.352 e. The van der Waals surface area contributed by atoms with Crippen LogP contribution in [0.15, 0.2) is 33.9 Å². The Balaban J connectivity index is 1.56. The predicted molar refractivity (Wildman–Crippen MR) is 139 cm³/mol. The zero-order chi connectivity index (χ0) is 28.3. The van der Waals surface area contributed by atoms with E-state index in [2.05, 4.69) is 26.2 Å². The maximum atomic E-state index is 13.5. The third-order valence-electron chi connectivity index (χ3n) is 5.91. The standard InChI is InChI=1S/C21H23N9O6S3/c1-28(7-6-22)19(35)23-13(12-5-4-8-37-12)15(31)24-21(36-3)17(34)30-14(16(32)33)11(9-38-18(21)30)10-39-20-25-26-27-29(20)2/h4-5,8,13,18H,7,9-10H2,1-3H3,(H,23,35)(H,24,31)(H,32,33)/t13?,18?,21-/m1/s1. The molecule has 2 aliphatic heterocycles. The summed E-state index contributed by atoms with van der Waals surface area (Å²) in [6, 6.07) is 3.34. The molecule has 39 heavy (non-hydrogen) atoms. The minimum absolute atomic E-state index is 0.186. The second-order valence-electron chi connectivity index (χ2n) is 8.31. The number of carbonyl (C=O) groups excluding carboxylic acids is 3. The lowest BCUT2D eigenvalue weighted by Gasteiger charge is -2.56. The lowest BCUT2D eigenvalue weighted by atomic mass is 9.97. The number of nitriles is 1. The zero-order valence-electron chi connectivity index (χ0n) is 20.9. The Bertz CT molecular complexity index is 1360. The number of rotatable bonds is 10. The van der Waals surface area contributed by atoms with E-state index in [1.807, 2.05) is 6.07 Å². The molecule has 2 unspecified atom stereocenters. The molecular formula is C21H23N9O6S3. The third-order valence-corrected chi connectivity index (χ3v) is 9.32. The third kappa shape index (κ3) is 5.30. The van der Waals surface area contributed by atoms with E-state index in [1.165, 1.54) is 53.7 Å². The molecule has 0 radical (unpaired) electrons. The van der Waals surface area contributed by atoms with Crippen molar-refractivity contribution >= 4 is 58.7 Å². The number of nitrogens with zero attached hydrogens (tertiary/aromatic N) is 7. The summed E-state index contributed by atoms with van der Waals surface area (Å²) in [5, 5.41) is 36.6. The van der Waals surface area contributed by atoms with Crippen LogP contribution in [0.1, 0.15) is 10.9 Å². The van der Waals surface area contributed by atoms with Crippen molar-refractivity contribution in [2.45, 2.75) is 22.3 Å². The van der Waals surface area contributed by atoms with Gasteiger partial charge in [0.2, 0.25) is 5.16 Å². The van der Waals surface area contributed by atoms with Gasteiger partial charge in [0.1, 0.15) is 23.7 Å². The molecule has 0 bridgehead atoms. The fourth-order valence-corrected chi connectivity index (χ4v) is 7.14. The van der Waals surface area contributed by atoms with Gasteiger partial charge in [0.05, 0.1) is 6.07 Å². The smallest absolute Gasteiger partial charge is 0.352 e. The van der Waals surface area contributed by atoms with Gasteiger partial charge in [-0.2, -0.15) is 5.26 Å². The van der Waals surface area contributed by atoms with Crippen molar-refractivity contribution in [3.05, 3.63) is 33.7 Å². The number of tetrazole rings is 1. The number of carboxylic acid groups (broad SMARTS) is 1. The first-order chi connectivity index (χ1) is 18.6. The summed E-state index contributed by atoms with van der Waals surface area (Å²) in [7, 11) is 4.30. The number of methoxy groups -OCH3 is 1. The Labute approximate surface area is 234 Å². The summed E-state index contributed by atoms with van der Waals surface area (Å²) >= 11 is 3.68. The van der Waals surface area contributed by atoms with Crippen LogP contribution in [0.3, 0.4) is 0 Å². The van der Waals surface area contributed by atoms with Crippen molar-refractivity contribution in [1.29, 1.82) is 5.26 Å². The number of aliphatic carboxylic acids is 1. The number of thioether (sulfide) groups is 2. The second-order valence-corrected chi connectivity index (χ2v) is 11.3. The topological polar surface area (TPSA) is 196 Å². The number of fused-ring (bicyclic) bond motifs is 1. The molecule has 0 spiro atoms. The molecular weight excluding hydrogens is 570 g/mol. The minimum Gasteiger partial charge on any atom is -0.477 e. The van der Waals surface area contributed by atoms with Crippen LogP contribution in [0.4, 0.5) is 4.79 Å². The predicted octanol–water partition coefficient (Wildman–Crippen LogP) is -0.0173. The molecule has 3 atom stereocenters. The van der Waals surface area contributed by atoms with Crippen LogP contribution in [-0.2, 0) is 26.2 Å². The van der Waals surface area contributed by atoms with Crippen LogP contribution >= 0.6 is 34.9 Å². The van der Waals surface area contributed by atoms with Gasteiger partial charge in [0, 0.05) is 37.6 Å². The highest BCUT2D eigenvalue weighted by Gasteiger charge is 2.67. The van der Waals surface area contributed by atoms with Crippen molar-refractivity contribution in [2.24, 2.45) is 7.05 Å². The number of β-lactam (4-membered cyclic amide) rings is 1. The molecule has 4 heterocycles. The van der Waals surface area contributed by atoms with Crippen molar-refractivity contribution in [3.8, 4) is 6.07 Å². The van der Waals surface area contributed by atoms with Gasteiger partial charge in [0.25, 0.3) is 17.5 Å². The fourth-order valence-electron chi connectivity index (χ4n) is 3.94. The van der Waals surface area contributed by atoms with Crippen LogP contribution in [-0.4, -0.2) is 102 Å². The van der Waals surface area contributed by atoms with Gasteiger partial charge in [-0.1, -0.05) is 17.8 Å². The molecule has 1 fully saturated rings. The molecule has 2 aromatic rings. The molecule has 4 rings (SSSR count). The van der Waals surface area contributed by atoms with Crippen molar-refractivity contribution in [3.63, 3.8) is 0 Å². The first kappa shape index (κ1) is 28.4. The average molecular weight is 594 g/mol. The first-order valence-electron chi connectivity index (χ1n) is 11.2. The number of amides is 4. The van der Waals surface area contributed by atoms with Crippen molar-refractivity contribution in [2.75, 3.05) is 32.2 Å². The Morgan fingerprint density at radius 2 is 2.23 bits per heavy atom. The van der Waals surface area contributed by atoms with Gasteiger partial charge in [-0.15, -0.1) is 28.2 Å². The number of hydrogen-bond acceptors (Lipinski definition) is 12. The Morgan fingerprint density at radius 3 is 2.82 bits per heavy atom. The van der Waals surface area contributed by atoms with Crippen LogP contribution in [0.25, 0.3) is 0 Å². The van der Waals surface area contributed by atoms with Gasteiger partial charge < -0.3 is 25.4 Å². The molecule has 3 N–H and O–H groups in total. The van der Waals surface area contributed by atoms with Crippen LogP contribution in [0, 0.1) is 11.3 Å². The van der Waals surface area contributed by atoms with E-state index in [9.17, 15) is 24.3 Å². The zero-order valence-corrected chi connectivity index (χ0v) is 23.3. The number of urea groups is 1. The molecule has 0 aromatic carbocycles. The largest absolute Gasteiger partial charge is 0.477 e. The molecule has 2 aromatic heterocycles. The number of nitrogens with one attached hydrogen (secondary N) is 2. The summed E-state index contributed by atoms with van der Waals surface area (Å²) < 4.78 is 6.98. The van der Waals surface area contributed by atoms with E-state index in [4.69, 9.17) is 10.00 Å². The molecule has 0 saturated carbocycles. The maximum absolute atomic E-state index is 13.5. The number of aromatic nitrogens is 4. The van der Waals surface area contributed by atoms with Crippen molar-refractivity contribution in [1.82, 2.24) is 40.6 Å². The lowest BCUT2D eigenvalue weighted by molar-refractivity contribution is -0.192. The number of ether oxygens (including phenoxy) is 1. The van der Waals surface area contributed by atoms with E-state index in [1.54, 1.807) is 24.6 Å². The molecule has 1 saturated heterocycles. The summed E-state index contributed by atoms with van der Waals surface area (Å²) in [6.07, 6.45) is 0. The number of aryl methyl sites for hydroxylation is 1. The van der Waals surface area contributed by atoms with Gasteiger partial charge in [-0.25, -0.2) is 14.3 Å². The summed E-state index contributed by atoms with van der Waals surface area (Å²) in [5.74, 6) is -2.30. The number of thiophene rings is 1. The number of hydrogen-bond donors (Lipinski definition) is 3. The van der Waals surface area contributed by atoms with E-state index in [-0.39, 0.29) is 23.7 Å². The SMILES string of the molecule is CO[C@]1(NC(=O)C(NC(=O)N(C)CC#N)c2cccs2)C(=O)N2C(C(=O)O)=C(CSc3nnnn3C)CSC21. The molecule has 18 heteroatoms. The average Bonchev–Trinajstić information content (AvgIpc) is 3.60. The van der Waals surface area contributed by atoms with Gasteiger partial charge in [0.15, 0.2) is 0 Å². The fraction of sp³-hybridized carbons (Fsp3) is 0.429. The Morgan fingerprint density at radius 1 is 1.46 bits per heavy atom. The summed E-state index contributed by atoms with van der Waals surface area (Å²) in [4.78, 5) is 54.4. The van der Waals surface area contributed by atoms with E-state index < -0.39 is 41.0 Å². The first-order valence-corrected chi connectivity index (χ1v) is 14.1. The molecule has 0 aliphatic carbocycles. The number of carbonyl (C=O) groups is 4. The van der Waals surface area contributed by atoms with Gasteiger partial charge >= 0.3 is 12.0 Å². The van der Waals surface area contributed by atoms with Crippen LogP contribution in [0.5, 0.6) is 0 Å². The van der Waals surface area contributed by atoms with Gasteiger partial charge in [-0.3, -0.25) is 14.5 Å². The van der Waals surface area contributed by atoms with Crippen LogP contribution < -0.4 is 10.6 Å². The summed E-state index contributed by atoms with van der Waals surface area (Å²) in [5.41, 5.74) is -1.55. The summed E-state index contributed by atoms with van der Waals surface area (Å²) in [6.45, 7) is -0.198. The highest BCUT2D eigenvalue weighted by molar-refractivity contribution is 8.01. The highest BCUT2D eigenvalue weighted by Crippen LogP contribution is 2.47. The number of carboxylic acids is 1. The quantitative estimate of drug-likeness (QED) is 0.144. The molecule has 15 nitrogen and oxygen atoms in total. The highest BCUT2D eigenvalue weighted by atomic mass is 32.2. The molecule has 4 amide bonds.